The number of amides is 2. The number of aliphatic imine (C=N–C) groups is 1. The average Bonchev–Trinajstić information content (AvgIpc) is 3.34. The van der Waals surface area contributed by atoms with Crippen LogP contribution in [0, 0.1) is 13.8 Å². The minimum absolute atomic E-state index is 0.221. The molecule has 0 unspecified atom stereocenters. The standard InChI is InChI=1S/C25H24N6O2S/c1-15-16(2)34-24-22(15)23(17-8-5-4-6-9-17)26-13-20-29-30-21(31(20)24)14-27-25(32)28-18-10-7-11-19(12-18)33-3/h4-12H,13-14H2,1-3H3,(H2,27,28,32). The Bertz CT molecular complexity index is 1390. The smallest absolute Gasteiger partial charge is 0.319 e. The van der Waals surface area contributed by atoms with Crippen molar-refractivity contribution < 1.29 is 9.53 Å². The van der Waals surface area contributed by atoms with E-state index in [0.717, 1.165) is 27.7 Å². The molecule has 34 heavy (non-hydrogen) atoms. The molecular formula is C25H24N6O2S. The number of hydrogen-bond donors (Lipinski definition) is 2. The summed E-state index contributed by atoms with van der Waals surface area (Å²) in [5.74, 6) is 2.08. The summed E-state index contributed by atoms with van der Waals surface area (Å²) in [5, 5.41) is 15.5. The van der Waals surface area contributed by atoms with Crippen molar-refractivity contribution in [3.63, 3.8) is 0 Å². The van der Waals surface area contributed by atoms with Gasteiger partial charge in [-0.25, -0.2) is 4.79 Å². The van der Waals surface area contributed by atoms with Gasteiger partial charge in [-0.1, -0.05) is 36.4 Å². The first-order valence-corrected chi connectivity index (χ1v) is 11.7. The highest BCUT2D eigenvalue weighted by atomic mass is 32.1. The number of anilines is 1. The van der Waals surface area contributed by atoms with Gasteiger partial charge in [0.05, 0.1) is 19.4 Å². The van der Waals surface area contributed by atoms with Crippen molar-refractivity contribution >= 4 is 28.8 Å². The molecule has 172 valence electrons. The first kappa shape index (κ1) is 21.8. The SMILES string of the molecule is COc1cccc(NC(=O)NCc2nnc3n2-c2sc(C)c(C)c2C(c2ccccc2)=NC3)c1. The number of rotatable bonds is 5. The van der Waals surface area contributed by atoms with Gasteiger partial charge in [-0.15, -0.1) is 21.5 Å². The van der Waals surface area contributed by atoms with E-state index in [1.165, 1.54) is 10.4 Å². The van der Waals surface area contributed by atoms with Gasteiger partial charge < -0.3 is 15.4 Å². The molecular weight excluding hydrogens is 448 g/mol. The zero-order valence-electron chi connectivity index (χ0n) is 19.1. The second-order valence-electron chi connectivity index (χ2n) is 7.90. The van der Waals surface area contributed by atoms with Gasteiger partial charge in [0, 0.05) is 27.8 Å². The van der Waals surface area contributed by atoms with Crippen molar-refractivity contribution in [3.05, 3.63) is 87.8 Å². The Morgan fingerprint density at radius 3 is 2.74 bits per heavy atom. The van der Waals surface area contributed by atoms with Crippen LogP contribution in [0.5, 0.6) is 5.75 Å². The zero-order valence-corrected chi connectivity index (χ0v) is 19.9. The maximum atomic E-state index is 12.5. The number of carbonyl (C=O) groups excluding carboxylic acids is 1. The Labute approximate surface area is 201 Å². The molecule has 1 aliphatic rings. The van der Waals surface area contributed by atoms with Crippen LogP contribution in [0.15, 0.2) is 59.6 Å². The van der Waals surface area contributed by atoms with Crippen molar-refractivity contribution in [2.45, 2.75) is 26.9 Å². The van der Waals surface area contributed by atoms with Crippen molar-refractivity contribution in [2.24, 2.45) is 4.99 Å². The van der Waals surface area contributed by atoms with Gasteiger partial charge >= 0.3 is 6.03 Å². The Hall–Kier alpha value is -3.98. The van der Waals surface area contributed by atoms with E-state index in [0.29, 0.717) is 23.8 Å². The predicted molar refractivity (Wildman–Crippen MR) is 133 cm³/mol. The summed E-state index contributed by atoms with van der Waals surface area (Å²) in [6.45, 7) is 4.87. The van der Waals surface area contributed by atoms with Crippen LogP contribution in [0.3, 0.4) is 0 Å². The molecule has 0 fully saturated rings. The Morgan fingerprint density at radius 1 is 1.12 bits per heavy atom. The van der Waals surface area contributed by atoms with E-state index in [-0.39, 0.29) is 12.6 Å². The number of carbonyl (C=O) groups is 1. The van der Waals surface area contributed by atoms with Crippen molar-refractivity contribution in [3.8, 4) is 10.8 Å². The van der Waals surface area contributed by atoms with E-state index in [4.69, 9.17) is 9.73 Å². The van der Waals surface area contributed by atoms with Crippen LogP contribution >= 0.6 is 11.3 Å². The summed E-state index contributed by atoms with van der Waals surface area (Å²) >= 11 is 1.69. The molecule has 5 rings (SSSR count). The van der Waals surface area contributed by atoms with E-state index in [1.54, 1.807) is 30.6 Å². The number of benzene rings is 2. The maximum Gasteiger partial charge on any atom is 0.319 e. The third kappa shape index (κ3) is 4.06. The first-order chi connectivity index (χ1) is 16.5. The number of nitrogens with one attached hydrogen (secondary N) is 2. The van der Waals surface area contributed by atoms with Crippen LogP contribution in [-0.2, 0) is 13.1 Å². The number of methoxy groups -OCH3 is 1. The summed E-state index contributed by atoms with van der Waals surface area (Å²) in [7, 11) is 1.59. The molecule has 0 spiro atoms. The minimum Gasteiger partial charge on any atom is -0.497 e. The number of hydrogen-bond acceptors (Lipinski definition) is 6. The second-order valence-corrected chi connectivity index (χ2v) is 9.10. The quantitative estimate of drug-likeness (QED) is 0.443. The summed E-state index contributed by atoms with van der Waals surface area (Å²) in [6.07, 6.45) is 0. The lowest BCUT2D eigenvalue weighted by atomic mass is 10.00. The van der Waals surface area contributed by atoms with Gasteiger partial charge in [0.15, 0.2) is 11.6 Å². The fraction of sp³-hybridized carbons (Fsp3) is 0.200. The topological polar surface area (TPSA) is 93.4 Å². The summed E-state index contributed by atoms with van der Waals surface area (Å²) in [4.78, 5) is 18.7. The normalized spacial score (nSPS) is 12.3. The molecule has 0 saturated carbocycles. The highest BCUT2D eigenvalue weighted by Gasteiger charge is 2.27. The number of thiophene rings is 1. The lowest BCUT2D eigenvalue weighted by Crippen LogP contribution is -2.29. The Morgan fingerprint density at radius 2 is 1.94 bits per heavy atom. The molecule has 0 bridgehead atoms. The molecule has 3 heterocycles. The van der Waals surface area contributed by atoms with E-state index in [1.807, 2.05) is 34.9 Å². The van der Waals surface area contributed by atoms with Crippen molar-refractivity contribution in [1.29, 1.82) is 0 Å². The van der Waals surface area contributed by atoms with Gasteiger partial charge in [-0.2, -0.15) is 0 Å². The van der Waals surface area contributed by atoms with Gasteiger partial charge in [-0.3, -0.25) is 9.56 Å². The van der Waals surface area contributed by atoms with Crippen LogP contribution in [0.1, 0.15) is 33.2 Å². The van der Waals surface area contributed by atoms with Crippen LogP contribution < -0.4 is 15.4 Å². The Kier molecular flexibility index (Phi) is 5.85. The van der Waals surface area contributed by atoms with E-state index < -0.39 is 0 Å². The highest BCUT2D eigenvalue weighted by Crippen LogP contribution is 2.36. The lowest BCUT2D eigenvalue weighted by molar-refractivity contribution is 0.251. The third-order valence-electron chi connectivity index (χ3n) is 5.76. The molecule has 0 saturated heterocycles. The number of aromatic nitrogens is 3. The number of nitrogens with zero attached hydrogens (tertiary/aromatic N) is 4. The maximum absolute atomic E-state index is 12.5. The number of urea groups is 1. The third-order valence-corrected chi connectivity index (χ3v) is 6.96. The molecule has 1 aliphatic heterocycles. The summed E-state index contributed by atoms with van der Waals surface area (Å²) < 4.78 is 7.24. The molecule has 4 aromatic rings. The van der Waals surface area contributed by atoms with Crippen LogP contribution in [0.2, 0.25) is 0 Å². The first-order valence-electron chi connectivity index (χ1n) is 10.9. The predicted octanol–water partition coefficient (Wildman–Crippen LogP) is 4.63. The monoisotopic (exact) mass is 472 g/mol. The van der Waals surface area contributed by atoms with Gasteiger partial charge in [0.1, 0.15) is 17.3 Å². The molecule has 8 nitrogen and oxygen atoms in total. The molecule has 2 N–H and O–H groups in total. The van der Waals surface area contributed by atoms with Gasteiger partial charge in [0.2, 0.25) is 0 Å². The van der Waals surface area contributed by atoms with Gasteiger partial charge in [-0.05, 0) is 31.5 Å². The van der Waals surface area contributed by atoms with Crippen molar-refractivity contribution in [2.75, 3.05) is 12.4 Å². The number of ether oxygens (including phenoxy) is 1. The van der Waals surface area contributed by atoms with E-state index >= 15 is 0 Å². The number of aryl methyl sites for hydroxylation is 1. The number of fused-ring (bicyclic) bond motifs is 3. The van der Waals surface area contributed by atoms with Crippen LogP contribution in [0.4, 0.5) is 10.5 Å². The van der Waals surface area contributed by atoms with E-state index in [2.05, 4.69) is 46.8 Å². The van der Waals surface area contributed by atoms with Crippen molar-refractivity contribution in [1.82, 2.24) is 20.1 Å². The summed E-state index contributed by atoms with van der Waals surface area (Å²) in [6, 6.07) is 17.1. The fourth-order valence-corrected chi connectivity index (χ4v) is 5.15. The Balaban J connectivity index is 1.43. The molecule has 2 amide bonds. The molecule has 0 aliphatic carbocycles. The van der Waals surface area contributed by atoms with Crippen LogP contribution in [-0.4, -0.2) is 33.6 Å². The van der Waals surface area contributed by atoms with Crippen LogP contribution in [0.25, 0.3) is 5.00 Å². The van der Waals surface area contributed by atoms with Gasteiger partial charge in [0.25, 0.3) is 0 Å². The molecule has 2 aromatic heterocycles. The fourth-order valence-electron chi connectivity index (χ4n) is 3.95. The molecule has 0 radical (unpaired) electrons. The molecule has 0 atom stereocenters. The lowest BCUT2D eigenvalue weighted by Gasteiger charge is -2.11. The minimum atomic E-state index is -0.334. The highest BCUT2D eigenvalue weighted by molar-refractivity contribution is 7.15. The zero-order chi connectivity index (χ0) is 23.7. The van der Waals surface area contributed by atoms with E-state index in [9.17, 15) is 4.79 Å². The second kappa shape index (κ2) is 9.11. The molecule has 9 heteroatoms. The average molecular weight is 473 g/mol. The molecule has 2 aromatic carbocycles. The summed E-state index contributed by atoms with van der Waals surface area (Å²) in [5.41, 5.74) is 4.95. The largest absolute Gasteiger partial charge is 0.497 e.